The Morgan fingerprint density at radius 3 is 2.22 bits per heavy atom. The van der Waals surface area contributed by atoms with E-state index in [1.54, 1.807) is 52.0 Å². The van der Waals surface area contributed by atoms with Crippen molar-refractivity contribution < 1.29 is 32.2 Å². The molecule has 0 aliphatic rings. The SMILES string of the molecule is CCOc1ccc(N(C)S(=O)(=O)c2ccc(C)c(C(=O)OCC(=O)OC(C)(C)C)c2)cc1. The second-order valence-corrected chi connectivity index (χ2v) is 10.0. The number of anilines is 1. The first-order valence-corrected chi connectivity index (χ1v) is 11.5. The molecule has 0 bridgehead atoms. The molecular weight excluding hydrogens is 434 g/mol. The van der Waals surface area contributed by atoms with E-state index in [2.05, 4.69) is 0 Å². The predicted octanol–water partition coefficient (Wildman–Crippen LogP) is 3.72. The molecule has 0 N–H and O–H groups in total. The number of sulfonamides is 1. The monoisotopic (exact) mass is 463 g/mol. The minimum atomic E-state index is -3.95. The fourth-order valence-electron chi connectivity index (χ4n) is 2.77. The molecule has 32 heavy (non-hydrogen) atoms. The minimum Gasteiger partial charge on any atom is -0.494 e. The normalized spacial score (nSPS) is 11.6. The average molecular weight is 464 g/mol. The summed E-state index contributed by atoms with van der Waals surface area (Å²) in [6, 6.07) is 10.8. The van der Waals surface area contributed by atoms with Crippen LogP contribution >= 0.6 is 0 Å². The van der Waals surface area contributed by atoms with Gasteiger partial charge in [0.05, 0.1) is 22.8 Å². The first-order valence-electron chi connectivity index (χ1n) is 10.1. The molecule has 0 radical (unpaired) electrons. The minimum absolute atomic E-state index is 0.0507. The van der Waals surface area contributed by atoms with Crippen LogP contribution in [0.5, 0.6) is 5.75 Å². The summed E-state index contributed by atoms with van der Waals surface area (Å²) in [6.07, 6.45) is 0. The van der Waals surface area contributed by atoms with Crippen LogP contribution in [0.25, 0.3) is 0 Å². The van der Waals surface area contributed by atoms with Gasteiger partial charge in [-0.2, -0.15) is 0 Å². The molecule has 0 saturated heterocycles. The number of rotatable bonds is 8. The van der Waals surface area contributed by atoms with Crippen molar-refractivity contribution in [3.63, 3.8) is 0 Å². The molecule has 0 heterocycles. The third kappa shape index (κ3) is 6.46. The lowest BCUT2D eigenvalue weighted by molar-refractivity contribution is -0.158. The van der Waals surface area contributed by atoms with E-state index >= 15 is 0 Å². The van der Waals surface area contributed by atoms with Gasteiger partial charge in [-0.05, 0) is 76.6 Å². The molecule has 2 aromatic rings. The van der Waals surface area contributed by atoms with E-state index in [-0.39, 0.29) is 10.5 Å². The maximum atomic E-state index is 13.1. The molecule has 0 atom stereocenters. The molecule has 0 unspecified atom stereocenters. The summed E-state index contributed by atoms with van der Waals surface area (Å²) >= 11 is 0. The summed E-state index contributed by atoms with van der Waals surface area (Å²) in [4.78, 5) is 24.2. The zero-order valence-corrected chi connectivity index (χ0v) is 20.0. The highest BCUT2D eigenvalue weighted by Crippen LogP contribution is 2.26. The van der Waals surface area contributed by atoms with Gasteiger partial charge in [-0.15, -0.1) is 0 Å². The standard InChI is InChI=1S/C23H29NO7S/c1-7-29-18-11-9-17(10-12-18)24(6)32(27,28)19-13-8-16(2)20(14-19)22(26)30-15-21(25)31-23(3,4)5/h8-14H,7,15H2,1-6H3. The van der Waals surface area contributed by atoms with Gasteiger partial charge < -0.3 is 14.2 Å². The molecule has 0 spiro atoms. The Labute approximate surface area is 189 Å². The lowest BCUT2D eigenvalue weighted by atomic mass is 10.1. The van der Waals surface area contributed by atoms with Gasteiger partial charge in [0, 0.05) is 7.05 Å². The van der Waals surface area contributed by atoms with Crippen LogP contribution in [-0.2, 0) is 24.3 Å². The van der Waals surface area contributed by atoms with Crippen molar-refractivity contribution >= 4 is 27.6 Å². The van der Waals surface area contributed by atoms with Gasteiger partial charge in [0.1, 0.15) is 11.4 Å². The summed E-state index contributed by atoms with van der Waals surface area (Å²) in [5, 5.41) is 0. The zero-order valence-electron chi connectivity index (χ0n) is 19.2. The van der Waals surface area contributed by atoms with Crippen molar-refractivity contribution in [3.05, 3.63) is 53.6 Å². The van der Waals surface area contributed by atoms with Gasteiger partial charge in [0.2, 0.25) is 0 Å². The molecule has 2 aromatic carbocycles. The lowest BCUT2D eigenvalue weighted by Gasteiger charge is -2.21. The molecule has 2 rings (SSSR count). The third-order valence-corrected chi connectivity index (χ3v) is 6.12. The van der Waals surface area contributed by atoms with E-state index in [9.17, 15) is 18.0 Å². The fourth-order valence-corrected chi connectivity index (χ4v) is 3.99. The number of hydrogen-bond acceptors (Lipinski definition) is 7. The Bertz CT molecular complexity index is 1070. The van der Waals surface area contributed by atoms with E-state index in [1.165, 1.54) is 25.2 Å². The molecule has 0 aliphatic carbocycles. The second kappa shape index (κ2) is 10.0. The Morgan fingerprint density at radius 2 is 1.66 bits per heavy atom. The summed E-state index contributed by atoms with van der Waals surface area (Å²) < 4.78 is 42.9. The molecule has 0 aromatic heterocycles. The first kappa shape index (κ1) is 25.2. The predicted molar refractivity (Wildman–Crippen MR) is 121 cm³/mol. The Kier molecular flexibility index (Phi) is 7.90. The van der Waals surface area contributed by atoms with Crippen LogP contribution in [0.4, 0.5) is 5.69 Å². The van der Waals surface area contributed by atoms with Gasteiger partial charge >= 0.3 is 11.9 Å². The Hall–Kier alpha value is -3.07. The van der Waals surface area contributed by atoms with Crippen LogP contribution in [0.15, 0.2) is 47.4 Å². The number of nitrogens with zero attached hydrogens (tertiary/aromatic N) is 1. The molecule has 8 nitrogen and oxygen atoms in total. The highest BCUT2D eigenvalue weighted by Gasteiger charge is 2.25. The van der Waals surface area contributed by atoms with Crippen LogP contribution in [0, 0.1) is 6.92 Å². The van der Waals surface area contributed by atoms with E-state index in [4.69, 9.17) is 14.2 Å². The number of benzene rings is 2. The van der Waals surface area contributed by atoms with E-state index < -0.39 is 34.2 Å². The number of carbonyl (C=O) groups excluding carboxylic acids is 2. The largest absolute Gasteiger partial charge is 0.494 e. The van der Waals surface area contributed by atoms with Gasteiger partial charge in [0.25, 0.3) is 10.0 Å². The number of aryl methyl sites for hydroxylation is 1. The fraction of sp³-hybridized carbons (Fsp3) is 0.391. The van der Waals surface area contributed by atoms with Crippen LogP contribution < -0.4 is 9.04 Å². The van der Waals surface area contributed by atoms with Crippen LogP contribution in [-0.4, -0.2) is 46.2 Å². The number of hydrogen-bond donors (Lipinski definition) is 0. The van der Waals surface area contributed by atoms with Crippen molar-refractivity contribution in [2.45, 2.75) is 45.1 Å². The van der Waals surface area contributed by atoms with Crippen LogP contribution in [0.1, 0.15) is 43.6 Å². The molecular formula is C23H29NO7S. The highest BCUT2D eigenvalue weighted by atomic mass is 32.2. The van der Waals surface area contributed by atoms with Crippen molar-refractivity contribution in [1.29, 1.82) is 0 Å². The third-order valence-electron chi connectivity index (χ3n) is 4.34. The Balaban J connectivity index is 2.22. The molecule has 9 heteroatoms. The van der Waals surface area contributed by atoms with Gasteiger partial charge in [0.15, 0.2) is 6.61 Å². The molecule has 0 saturated carbocycles. The quantitative estimate of drug-likeness (QED) is 0.550. The zero-order chi connectivity index (χ0) is 24.1. The van der Waals surface area contributed by atoms with Crippen LogP contribution in [0.2, 0.25) is 0 Å². The lowest BCUT2D eigenvalue weighted by Crippen LogP contribution is -2.28. The molecule has 174 valence electrons. The summed E-state index contributed by atoms with van der Waals surface area (Å²) in [5.41, 5.74) is 0.290. The summed E-state index contributed by atoms with van der Waals surface area (Å²) in [6.45, 7) is 8.54. The maximum Gasteiger partial charge on any atom is 0.344 e. The van der Waals surface area contributed by atoms with Crippen molar-refractivity contribution in [3.8, 4) is 5.75 Å². The van der Waals surface area contributed by atoms with Crippen molar-refractivity contribution in [2.75, 3.05) is 24.6 Å². The van der Waals surface area contributed by atoms with Gasteiger partial charge in [-0.25, -0.2) is 18.0 Å². The number of ether oxygens (including phenoxy) is 3. The van der Waals surface area contributed by atoms with E-state index in [1.807, 2.05) is 6.92 Å². The molecule has 0 fully saturated rings. The summed E-state index contributed by atoms with van der Waals surface area (Å²) in [5.74, 6) is -0.871. The summed E-state index contributed by atoms with van der Waals surface area (Å²) in [7, 11) is -2.53. The van der Waals surface area contributed by atoms with Crippen molar-refractivity contribution in [1.82, 2.24) is 0 Å². The second-order valence-electron chi connectivity index (χ2n) is 8.04. The average Bonchev–Trinajstić information content (AvgIpc) is 2.71. The molecule has 0 amide bonds. The smallest absolute Gasteiger partial charge is 0.344 e. The topological polar surface area (TPSA) is 99.2 Å². The van der Waals surface area contributed by atoms with Crippen LogP contribution in [0.3, 0.4) is 0 Å². The molecule has 0 aliphatic heterocycles. The maximum absolute atomic E-state index is 13.1. The van der Waals surface area contributed by atoms with Gasteiger partial charge in [-0.3, -0.25) is 4.31 Å². The number of carbonyl (C=O) groups is 2. The number of esters is 2. The Morgan fingerprint density at radius 1 is 1.03 bits per heavy atom. The van der Waals surface area contributed by atoms with E-state index in [0.29, 0.717) is 23.6 Å². The van der Waals surface area contributed by atoms with Gasteiger partial charge in [-0.1, -0.05) is 6.07 Å². The van der Waals surface area contributed by atoms with Crippen molar-refractivity contribution in [2.24, 2.45) is 0 Å². The highest BCUT2D eigenvalue weighted by molar-refractivity contribution is 7.92. The van der Waals surface area contributed by atoms with E-state index in [0.717, 1.165) is 4.31 Å². The first-order chi connectivity index (χ1) is 14.8.